The van der Waals surface area contributed by atoms with E-state index < -0.39 is 6.10 Å². The van der Waals surface area contributed by atoms with Gasteiger partial charge < -0.3 is 28.6 Å². The SMILES string of the molecule is COc1cccc(CN2CCOC(C(=O)N(Cc3ccc4c(c3)OCCCO4)CC(C)C)C2)c1OC. The standard InChI is InChI=1S/C28H38N2O6/c1-20(2)16-30(17-21-9-10-23-25(15-21)35-13-6-12-34-23)28(31)26-19-29(11-14-36-26)18-22-7-5-8-24(32-3)27(22)33-4/h5,7-10,15,20,26H,6,11-14,16-19H2,1-4H3. The lowest BCUT2D eigenvalue weighted by molar-refractivity contribution is -0.151. The van der Waals surface area contributed by atoms with Gasteiger partial charge in [0.25, 0.3) is 5.91 Å². The van der Waals surface area contributed by atoms with Crippen LogP contribution in [-0.2, 0) is 22.6 Å². The van der Waals surface area contributed by atoms with E-state index >= 15 is 0 Å². The lowest BCUT2D eigenvalue weighted by atomic mass is 10.1. The summed E-state index contributed by atoms with van der Waals surface area (Å²) in [4.78, 5) is 17.8. The maximum Gasteiger partial charge on any atom is 0.253 e. The molecule has 1 saturated heterocycles. The van der Waals surface area contributed by atoms with E-state index in [0.717, 1.165) is 41.3 Å². The first kappa shape index (κ1) is 26.1. The third-order valence-electron chi connectivity index (χ3n) is 6.39. The number of hydrogen-bond acceptors (Lipinski definition) is 7. The third-order valence-corrected chi connectivity index (χ3v) is 6.39. The molecule has 0 radical (unpaired) electrons. The van der Waals surface area contributed by atoms with E-state index in [1.807, 2.05) is 41.3 Å². The zero-order valence-electron chi connectivity index (χ0n) is 21.8. The van der Waals surface area contributed by atoms with Crippen LogP contribution in [0.4, 0.5) is 0 Å². The van der Waals surface area contributed by atoms with Crippen LogP contribution >= 0.6 is 0 Å². The van der Waals surface area contributed by atoms with Gasteiger partial charge in [-0.1, -0.05) is 32.0 Å². The fourth-order valence-corrected chi connectivity index (χ4v) is 4.72. The topological polar surface area (TPSA) is 69.7 Å². The van der Waals surface area contributed by atoms with E-state index in [9.17, 15) is 4.79 Å². The summed E-state index contributed by atoms with van der Waals surface area (Å²) in [5, 5.41) is 0. The van der Waals surface area contributed by atoms with Crippen LogP contribution in [0, 0.1) is 5.92 Å². The Hall–Kier alpha value is -2.97. The molecule has 0 bridgehead atoms. The van der Waals surface area contributed by atoms with E-state index in [1.54, 1.807) is 14.2 Å². The van der Waals surface area contributed by atoms with Crippen molar-refractivity contribution in [1.82, 2.24) is 9.80 Å². The molecule has 1 fully saturated rings. The average Bonchev–Trinajstić information content (AvgIpc) is 3.12. The summed E-state index contributed by atoms with van der Waals surface area (Å²) in [7, 11) is 3.29. The first-order valence-corrected chi connectivity index (χ1v) is 12.7. The number of ether oxygens (including phenoxy) is 5. The predicted octanol–water partition coefficient (Wildman–Crippen LogP) is 3.75. The first-order chi connectivity index (χ1) is 17.5. The Morgan fingerprint density at radius 1 is 1.08 bits per heavy atom. The number of para-hydroxylation sites is 1. The molecule has 2 aliphatic heterocycles. The monoisotopic (exact) mass is 498 g/mol. The summed E-state index contributed by atoms with van der Waals surface area (Å²) in [5.41, 5.74) is 2.04. The predicted molar refractivity (Wildman–Crippen MR) is 137 cm³/mol. The average molecular weight is 499 g/mol. The van der Waals surface area contributed by atoms with Gasteiger partial charge >= 0.3 is 0 Å². The quantitative estimate of drug-likeness (QED) is 0.522. The molecule has 1 amide bonds. The number of carbonyl (C=O) groups is 1. The van der Waals surface area contributed by atoms with Crippen LogP contribution in [0.1, 0.15) is 31.4 Å². The number of nitrogens with zero attached hydrogens (tertiary/aromatic N) is 2. The number of benzene rings is 2. The molecule has 0 N–H and O–H groups in total. The molecule has 2 aromatic carbocycles. The Morgan fingerprint density at radius 2 is 1.89 bits per heavy atom. The van der Waals surface area contributed by atoms with Crippen molar-refractivity contribution in [1.29, 1.82) is 0 Å². The van der Waals surface area contributed by atoms with Gasteiger partial charge in [-0.25, -0.2) is 0 Å². The first-order valence-electron chi connectivity index (χ1n) is 12.7. The molecule has 196 valence electrons. The number of carbonyl (C=O) groups excluding carboxylic acids is 1. The van der Waals surface area contributed by atoms with Crippen molar-refractivity contribution in [2.75, 3.05) is 53.7 Å². The number of hydrogen-bond donors (Lipinski definition) is 0. The van der Waals surface area contributed by atoms with Crippen molar-refractivity contribution >= 4 is 5.91 Å². The lowest BCUT2D eigenvalue weighted by Gasteiger charge is -2.36. The second-order valence-corrected chi connectivity index (χ2v) is 9.69. The second kappa shape index (κ2) is 12.3. The highest BCUT2D eigenvalue weighted by molar-refractivity contribution is 5.81. The normalized spacial score (nSPS) is 18.0. The Balaban J connectivity index is 1.46. The van der Waals surface area contributed by atoms with Crippen molar-refractivity contribution in [2.24, 2.45) is 5.92 Å². The summed E-state index contributed by atoms with van der Waals surface area (Å²) in [6.45, 7) is 9.10. The summed E-state index contributed by atoms with van der Waals surface area (Å²) in [6.07, 6.45) is 0.341. The van der Waals surface area contributed by atoms with Crippen LogP contribution < -0.4 is 18.9 Å². The lowest BCUT2D eigenvalue weighted by Crippen LogP contribution is -2.51. The minimum atomic E-state index is -0.519. The molecule has 36 heavy (non-hydrogen) atoms. The number of rotatable bonds is 9. The maximum absolute atomic E-state index is 13.7. The van der Waals surface area contributed by atoms with E-state index in [-0.39, 0.29) is 5.91 Å². The van der Waals surface area contributed by atoms with Crippen LogP contribution in [0.3, 0.4) is 0 Å². The fraction of sp³-hybridized carbons (Fsp3) is 0.536. The van der Waals surface area contributed by atoms with E-state index in [4.69, 9.17) is 23.7 Å². The summed E-state index contributed by atoms with van der Waals surface area (Å²) in [5.74, 6) is 3.28. The minimum absolute atomic E-state index is 0.0121. The number of fused-ring (bicyclic) bond motifs is 1. The van der Waals surface area contributed by atoms with Crippen molar-refractivity contribution in [3.8, 4) is 23.0 Å². The molecule has 0 aromatic heterocycles. The number of amides is 1. The van der Waals surface area contributed by atoms with Crippen LogP contribution in [0.5, 0.6) is 23.0 Å². The molecule has 2 heterocycles. The van der Waals surface area contributed by atoms with E-state index in [2.05, 4.69) is 18.7 Å². The zero-order chi connectivity index (χ0) is 25.5. The molecule has 0 spiro atoms. The maximum atomic E-state index is 13.7. The molecule has 4 rings (SSSR count). The molecule has 8 heteroatoms. The van der Waals surface area contributed by atoms with Crippen LogP contribution in [0.25, 0.3) is 0 Å². The molecule has 0 aliphatic carbocycles. The minimum Gasteiger partial charge on any atom is -0.493 e. The van der Waals surface area contributed by atoms with Gasteiger partial charge in [-0.05, 0) is 29.7 Å². The van der Waals surface area contributed by atoms with E-state index in [0.29, 0.717) is 57.7 Å². The van der Waals surface area contributed by atoms with Crippen LogP contribution in [0.2, 0.25) is 0 Å². The molecule has 2 aromatic rings. The highest BCUT2D eigenvalue weighted by atomic mass is 16.5. The molecule has 8 nitrogen and oxygen atoms in total. The Morgan fingerprint density at radius 3 is 2.64 bits per heavy atom. The van der Waals surface area contributed by atoms with Gasteiger partial charge in [0.2, 0.25) is 0 Å². The van der Waals surface area contributed by atoms with Gasteiger partial charge in [-0.3, -0.25) is 9.69 Å². The van der Waals surface area contributed by atoms with Gasteiger partial charge in [0.1, 0.15) is 6.10 Å². The third kappa shape index (κ3) is 6.42. The Kier molecular flexibility index (Phi) is 8.93. The van der Waals surface area contributed by atoms with E-state index in [1.165, 1.54) is 0 Å². The van der Waals surface area contributed by atoms with Gasteiger partial charge in [0.15, 0.2) is 23.0 Å². The zero-order valence-corrected chi connectivity index (χ0v) is 21.8. The number of morpholine rings is 1. The molecular formula is C28H38N2O6. The van der Waals surface area contributed by atoms with Gasteiger partial charge in [0, 0.05) is 44.7 Å². The molecule has 1 atom stereocenters. The summed E-state index contributed by atoms with van der Waals surface area (Å²) >= 11 is 0. The fourth-order valence-electron chi connectivity index (χ4n) is 4.72. The Labute approximate surface area is 214 Å². The largest absolute Gasteiger partial charge is 0.493 e. The summed E-state index contributed by atoms with van der Waals surface area (Å²) in [6, 6.07) is 11.8. The van der Waals surface area contributed by atoms with Crippen molar-refractivity contribution < 1.29 is 28.5 Å². The Bertz CT molecular complexity index is 1030. The summed E-state index contributed by atoms with van der Waals surface area (Å²) < 4.78 is 28.6. The second-order valence-electron chi connectivity index (χ2n) is 9.69. The smallest absolute Gasteiger partial charge is 0.253 e. The molecule has 0 saturated carbocycles. The van der Waals surface area contributed by atoms with Gasteiger partial charge in [0.05, 0.1) is 34.0 Å². The van der Waals surface area contributed by atoms with Gasteiger partial charge in [-0.2, -0.15) is 0 Å². The van der Waals surface area contributed by atoms with Gasteiger partial charge in [-0.15, -0.1) is 0 Å². The molecule has 1 unspecified atom stereocenters. The molecular weight excluding hydrogens is 460 g/mol. The van der Waals surface area contributed by atoms with Crippen molar-refractivity contribution in [2.45, 2.75) is 39.5 Å². The van der Waals surface area contributed by atoms with Crippen LogP contribution in [-0.4, -0.2) is 75.5 Å². The van der Waals surface area contributed by atoms with Crippen molar-refractivity contribution in [3.05, 3.63) is 47.5 Å². The number of methoxy groups -OCH3 is 2. The molecule has 2 aliphatic rings. The highest BCUT2D eigenvalue weighted by Gasteiger charge is 2.31. The van der Waals surface area contributed by atoms with Crippen LogP contribution in [0.15, 0.2) is 36.4 Å². The van der Waals surface area contributed by atoms with Crippen molar-refractivity contribution in [3.63, 3.8) is 0 Å². The highest BCUT2D eigenvalue weighted by Crippen LogP contribution is 2.33.